The molecule has 2 aromatic rings. The summed E-state index contributed by atoms with van der Waals surface area (Å²) in [5.41, 5.74) is 1.69. The number of ether oxygens (including phenoxy) is 1. The molecule has 0 unspecified atom stereocenters. The molecular weight excluding hydrogens is 258 g/mol. The molecule has 0 saturated heterocycles. The third kappa shape index (κ3) is 2.54. The first-order valence-electron chi connectivity index (χ1n) is 6.08. The van der Waals surface area contributed by atoms with Gasteiger partial charge in [-0.15, -0.1) is 11.3 Å². The summed E-state index contributed by atoms with van der Waals surface area (Å²) >= 11 is 1.41. The van der Waals surface area contributed by atoms with Gasteiger partial charge in [0.1, 0.15) is 9.88 Å². The molecule has 1 aromatic carbocycles. The van der Waals surface area contributed by atoms with Crippen LogP contribution in [0.3, 0.4) is 0 Å². The lowest BCUT2D eigenvalue weighted by Crippen LogP contribution is -2.18. The van der Waals surface area contributed by atoms with Crippen LogP contribution < -0.4 is 0 Å². The van der Waals surface area contributed by atoms with E-state index in [1.54, 1.807) is 0 Å². The van der Waals surface area contributed by atoms with Crippen molar-refractivity contribution in [1.29, 1.82) is 0 Å². The Bertz CT molecular complexity index is 587. The number of aromatic nitrogens is 1. The zero-order valence-electron chi connectivity index (χ0n) is 11.6. The van der Waals surface area contributed by atoms with E-state index in [1.165, 1.54) is 24.0 Å². The van der Waals surface area contributed by atoms with E-state index in [0.29, 0.717) is 4.88 Å². The topological polar surface area (TPSA) is 39.2 Å². The van der Waals surface area contributed by atoms with Crippen molar-refractivity contribution < 1.29 is 9.53 Å². The zero-order valence-corrected chi connectivity index (χ0v) is 12.4. The second kappa shape index (κ2) is 5.13. The van der Waals surface area contributed by atoms with Crippen LogP contribution in [0.2, 0.25) is 0 Å². The van der Waals surface area contributed by atoms with E-state index in [9.17, 15) is 4.79 Å². The molecule has 2 rings (SSSR count). The van der Waals surface area contributed by atoms with Crippen molar-refractivity contribution in [3.8, 4) is 0 Å². The van der Waals surface area contributed by atoms with Gasteiger partial charge < -0.3 is 4.74 Å². The van der Waals surface area contributed by atoms with Crippen LogP contribution >= 0.6 is 11.3 Å². The fourth-order valence-electron chi connectivity index (χ4n) is 1.92. The van der Waals surface area contributed by atoms with Crippen LogP contribution in [0.1, 0.15) is 39.8 Å². The summed E-state index contributed by atoms with van der Waals surface area (Å²) in [7, 11) is 1.39. The standard InChI is InChI=1S/C15H17NO2S/c1-10-12(13(17)18-4)19-14(16-10)15(2,3)11-8-6-5-7-9-11/h5-9H,1-4H3. The van der Waals surface area contributed by atoms with Gasteiger partial charge >= 0.3 is 5.97 Å². The summed E-state index contributed by atoms with van der Waals surface area (Å²) < 4.78 is 4.78. The quantitative estimate of drug-likeness (QED) is 0.804. The van der Waals surface area contributed by atoms with Gasteiger partial charge in [0.25, 0.3) is 0 Å². The maximum atomic E-state index is 11.7. The maximum absolute atomic E-state index is 11.7. The first-order valence-corrected chi connectivity index (χ1v) is 6.90. The Hall–Kier alpha value is -1.68. The van der Waals surface area contributed by atoms with Crippen molar-refractivity contribution in [3.63, 3.8) is 0 Å². The van der Waals surface area contributed by atoms with Gasteiger partial charge in [-0.2, -0.15) is 0 Å². The molecule has 0 N–H and O–H groups in total. The number of hydrogen-bond donors (Lipinski definition) is 0. The molecule has 100 valence electrons. The van der Waals surface area contributed by atoms with Gasteiger partial charge in [0.15, 0.2) is 0 Å². The average Bonchev–Trinajstić information content (AvgIpc) is 2.81. The van der Waals surface area contributed by atoms with Crippen LogP contribution in [0, 0.1) is 6.92 Å². The molecule has 4 heteroatoms. The highest BCUT2D eigenvalue weighted by Crippen LogP contribution is 2.35. The smallest absolute Gasteiger partial charge is 0.349 e. The number of rotatable bonds is 3. The van der Waals surface area contributed by atoms with Crippen molar-refractivity contribution in [3.05, 3.63) is 51.5 Å². The van der Waals surface area contributed by atoms with E-state index < -0.39 is 0 Å². The fourth-order valence-corrected chi connectivity index (χ4v) is 3.03. The summed E-state index contributed by atoms with van der Waals surface area (Å²) in [6.07, 6.45) is 0. The summed E-state index contributed by atoms with van der Waals surface area (Å²) in [5.74, 6) is -0.315. The van der Waals surface area contributed by atoms with Gasteiger partial charge in [-0.25, -0.2) is 9.78 Å². The lowest BCUT2D eigenvalue weighted by atomic mass is 9.85. The molecule has 0 amide bonds. The molecule has 0 aliphatic carbocycles. The maximum Gasteiger partial charge on any atom is 0.349 e. The van der Waals surface area contributed by atoms with Gasteiger partial charge in [0.2, 0.25) is 0 Å². The van der Waals surface area contributed by atoms with Gasteiger partial charge in [0.05, 0.1) is 12.8 Å². The van der Waals surface area contributed by atoms with Crippen molar-refractivity contribution in [2.45, 2.75) is 26.2 Å². The van der Waals surface area contributed by atoms with E-state index >= 15 is 0 Å². The number of hydrogen-bond acceptors (Lipinski definition) is 4. The predicted octanol–water partition coefficient (Wildman–Crippen LogP) is 3.56. The minimum absolute atomic E-state index is 0.219. The van der Waals surface area contributed by atoms with Crippen molar-refractivity contribution in [1.82, 2.24) is 4.98 Å². The highest BCUT2D eigenvalue weighted by molar-refractivity contribution is 7.13. The minimum Gasteiger partial charge on any atom is -0.465 e. The molecule has 0 fully saturated rings. The Balaban J connectivity index is 2.45. The first kappa shape index (κ1) is 13.7. The lowest BCUT2D eigenvalue weighted by Gasteiger charge is -2.22. The van der Waals surface area contributed by atoms with Gasteiger partial charge in [-0.05, 0) is 26.3 Å². The van der Waals surface area contributed by atoms with E-state index in [4.69, 9.17) is 4.74 Å². The number of esters is 1. The number of carbonyl (C=O) groups is 1. The Labute approximate surface area is 117 Å². The summed E-state index contributed by atoms with van der Waals surface area (Å²) in [4.78, 5) is 16.8. The highest BCUT2D eigenvalue weighted by atomic mass is 32.1. The Morgan fingerprint density at radius 1 is 1.26 bits per heavy atom. The molecule has 0 bridgehead atoms. The number of methoxy groups -OCH3 is 1. The molecule has 0 radical (unpaired) electrons. The van der Waals surface area contributed by atoms with Crippen LogP contribution in [-0.2, 0) is 10.2 Å². The molecule has 1 aromatic heterocycles. The van der Waals surface area contributed by atoms with Gasteiger partial charge in [0, 0.05) is 5.41 Å². The summed E-state index contributed by atoms with van der Waals surface area (Å²) in [6, 6.07) is 10.2. The molecule has 0 aliphatic heterocycles. The summed E-state index contributed by atoms with van der Waals surface area (Å²) in [5, 5.41) is 0.927. The van der Waals surface area contributed by atoms with E-state index in [1.807, 2.05) is 25.1 Å². The third-order valence-corrected chi connectivity index (χ3v) is 4.66. The molecule has 0 saturated carbocycles. The number of carbonyl (C=O) groups excluding carboxylic acids is 1. The van der Waals surface area contributed by atoms with E-state index in [2.05, 4.69) is 31.0 Å². The van der Waals surface area contributed by atoms with Gasteiger partial charge in [-0.3, -0.25) is 0 Å². The number of benzene rings is 1. The van der Waals surface area contributed by atoms with Gasteiger partial charge in [-0.1, -0.05) is 30.3 Å². The number of thiazole rings is 1. The largest absolute Gasteiger partial charge is 0.465 e. The molecule has 0 aliphatic rings. The number of aryl methyl sites for hydroxylation is 1. The molecule has 0 atom stereocenters. The predicted molar refractivity (Wildman–Crippen MR) is 76.8 cm³/mol. The lowest BCUT2D eigenvalue weighted by molar-refractivity contribution is 0.0605. The van der Waals surface area contributed by atoms with Crippen LogP contribution in [-0.4, -0.2) is 18.1 Å². The molecule has 19 heavy (non-hydrogen) atoms. The fraction of sp³-hybridized carbons (Fsp3) is 0.333. The average molecular weight is 275 g/mol. The van der Waals surface area contributed by atoms with Crippen LogP contribution in [0.15, 0.2) is 30.3 Å². The summed E-state index contributed by atoms with van der Waals surface area (Å²) in [6.45, 7) is 6.07. The third-order valence-electron chi connectivity index (χ3n) is 3.20. The Kier molecular flexibility index (Phi) is 3.71. The SMILES string of the molecule is COC(=O)c1sc(C(C)(C)c2ccccc2)nc1C. The number of nitrogens with zero attached hydrogens (tertiary/aromatic N) is 1. The zero-order chi connectivity index (χ0) is 14.0. The molecule has 3 nitrogen and oxygen atoms in total. The minimum atomic E-state index is -0.315. The van der Waals surface area contributed by atoms with Crippen molar-refractivity contribution in [2.24, 2.45) is 0 Å². The highest BCUT2D eigenvalue weighted by Gasteiger charge is 2.29. The van der Waals surface area contributed by atoms with Crippen molar-refractivity contribution in [2.75, 3.05) is 7.11 Å². The second-order valence-electron chi connectivity index (χ2n) is 4.92. The van der Waals surface area contributed by atoms with E-state index in [-0.39, 0.29) is 11.4 Å². The van der Waals surface area contributed by atoms with E-state index in [0.717, 1.165) is 10.7 Å². The normalized spacial score (nSPS) is 11.4. The second-order valence-corrected chi connectivity index (χ2v) is 5.92. The molecule has 1 heterocycles. The van der Waals surface area contributed by atoms with Crippen LogP contribution in [0.25, 0.3) is 0 Å². The van der Waals surface area contributed by atoms with Crippen molar-refractivity contribution >= 4 is 17.3 Å². The monoisotopic (exact) mass is 275 g/mol. The molecular formula is C15H17NO2S. The Morgan fingerprint density at radius 3 is 2.47 bits per heavy atom. The Morgan fingerprint density at radius 2 is 1.89 bits per heavy atom. The van der Waals surface area contributed by atoms with Crippen LogP contribution in [0.4, 0.5) is 0 Å². The molecule has 0 spiro atoms. The van der Waals surface area contributed by atoms with Crippen LogP contribution in [0.5, 0.6) is 0 Å². The first-order chi connectivity index (χ1) is 8.96.